The molecule has 0 aromatic rings. The van der Waals surface area contributed by atoms with Crippen LogP contribution in [0.4, 0.5) is 4.39 Å². The van der Waals surface area contributed by atoms with Crippen molar-refractivity contribution in [1.29, 1.82) is 0 Å². The Hall–Kier alpha value is -2.35. The first kappa shape index (κ1) is 22.4. The van der Waals surface area contributed by atoms with E-state index in [9.17, 15) is 19.2 Å². The van der Waals surface area contributed by atoms with E-state index in [1.54, 1.807) is 6.08 Å². The van der Waals surface area contributed by atoms with Gasteiger partial charge in [-0.2, -0.15) is 0 Å². The monoisotopic (exact) mass is 460 g/mol. The van der Waals surface area contributed by atoms with E-state index in [4.69, 9.17) is 14.2 Å². The van der Waals surface area contributed by atoms with Gasteiger partial charge in [-0.1, -0.05) is 13.0 Å². The van der Waals surface area contributed by atoms with Crippen molar-refractivity contribution < 1.29 is 37.8 Å². The fourth-order valence-electron chi connectivity index (χ4n) is 7.84. The maximum atomic E-state index is 15.5. The van der Waals surface area contributed by atoms with E-state index in [0.29, 0.717) is 18.4 Å². The summed E-state index contributed by atoms with van der Waals surface area (Å²) in [6.45, 7) is 5.86. The molecule has 7 nitrogen and oxygen atoms in total. The summed E-state index contributed by atoms with van der Waals surface area (Å²) >= 11 is 0. The van der Waals surface area contributed by atoms with Gasteiger partial charge in [0.1, 0.15) is 11.8 Å². The molecule has 0 radical (unpaired) electrons. The Bertz CT molecular complexity index is 1030. The summed E-state index contributed by atoms with van der Waals surface area (Å²) in [5.74, 6) is -2.20. The number of ether oxygens (including phenoxy) is 3. The van der Waals surface area contributed by atoms with Gasteiger partial charge in [-0.25, -0.2) is 4.39 Å². The van der Waals surface area contributed by atoms with Crippen LogP contribution in [0.2, 0.25) is 0 Å². The standard InChI is InChI=1S/C25H29FO7/c1-13(27)31-12-20(30)24(32-14(2)28)8-6-16-17-10-19(26)18-9-15(29)5-7-22(18,3)25(17)21(33-25)11-23(16,24)4/h5,7,9,16-17,19,21H,6,8,10-12H2,1-4H3/t16-,17-,19?,21-,22-,23-,24-,25+/m0/s1. The molecule has 3 saturated carbocycles. The van der Waals surface area contributed by atoms with Gasteiger partial charge in [0.2, 0.25) is 5.78 Å². The minimum Gasteiger partial charge on any atom is -0.458 e. The Morgan fingerprint density at radius 3 is 2.58 bits per heavy atom. The smallest absolute Gasteiger partial charge is 0.303 e. The lowest BCUT2D eigenvalue weighted by atomic mass is 9.46. The number of hydrogen-bond acceptors (Lipinski definition) is 7. The maximum absolute atomic E-state index is 15.5. The average Bonchev–Trinajstić information content (AvgIpc) is 3.38. The fourth-order valence-corrected chi connectivity index (χ4v) is 7.84. The van der Waals surface area contributed by atoms with Crippen LogP contribution in [0.25, 0.3) is 0 Å². The van der Waals surface area contributed by atoms with Crippen molar-refractivity contribution in [2.75, 3.05) is 6.61 Å². The van der Waals surface area contributed by atoms with Gasteiger partial charge in [-0.3, -0.25) is 19.2 Å². The van der Waals surface area contributed by atoms with Crippen molar-refractivity contribution in [2.24, 2.45) is 22.7 Å². The van der Waals surface area contributed by atoms with Crippen LogP contribution < -0.4 is 0 Å². The predicted molar refractivity (Wildman–Crippen MR) is 113 cm³/mol. The molecule has 33 heavy (non-hydrogen) atoms. The van der Waals surface area contributed by atoms with Crippen molar-refractivity contribution in [1.82, 2.24) is 0 Å². The molecule has 1 unspecified atom stereocenters. The molecule has 0 N–H and O–H groups in total. The van der Waals surface area contributed by atoms with Crippen LogP contribution in [-0.4, -0.2) is 53.6 Å². The number of allylic oxidation sites excluding steroid dienone is 2. The third-order valence-corrected chi connectivity index (χ3v) is 9.22. The van der Waals surface area contributed by atoms with Gasteiger partial charge in [-0.05, 0) is 62.2 Å². The summed E-state index contributed by atoms with van der Waals surface area (Å²) in [7, 11) is 0. The number of carbonyl (C=O) groups is 4. The van der Waals surface area contributed by atoms with Gasteiger partial charge in [-0.15, -0.1) is 0 Å². The van der Waals surface area contributed by atoms with Gasteiger partial charge in [0, 0.05) is 24.7 Å². The van der Waals surface area contributed by atoms with Crippen LogP contribution in [0.5, 0.6) is 0 Å². The quantitative estimate of drug-likeness (QED) is 0.470. The molecule has 0 aromatic heterocycles. The molecule has 1 spiro atoms. The summed E-state index contributed by atoms with van der Waals surface area (Å²) in [5.41, 5.74) is -3.18. The lowest BCUT2D eigenvalue weighted by Crippen LogP contribution is -2.63. The summed E-state index contributed by atoms with van der Waals surface area (Å²) in [6.07, 6.45) is 4.60. The Balaban J connectivity index is 1.56. The molecule has 178 valence electrons. The normalized spacial score (nSPS) is 46.8. The second kappa shape index (κ2) is 6.84. The van der Waals surface area contributed by atoms with E-state index < -0.39 is 52.5 Å². The zero-order valence-corrected chi connectivity index (χ0v) is 19.3. The van der Waals surface area contributed by atoms with Crippen molar-refractivity contribution in [3.8, 4) is 0 Å². The molecule has 1 saturated heterocycles. The van der Waals surface area contributed by atoms with E-state index in [1.165, 1.54) is 26.0 Å². The molecule has 0 amide bonds. The molecule has 5 rings (SSSR count). The van der Waals surface area contributed by atoms with Gasteiger partial charge in [0.05, 0.1) is 6.10 Å². The number of carbonyl (C=O) groups excluding carboxylic acids is 4. The Morgan fingerprint density at radius 2 is 1.91 bits per heavy atom. The molecule has 5 aliphatic rings. The molecule has 8 heteroatoms. The zero-order chi connectivity index (χ0) is 24.0. The van der Waals surface area contributed by atoms with Crippen LogP contribution >= 0.6 is 0 Å². The van der Waals surface area contributed by atoms with Crippen LogP contribution in [0.15, 0.2) is 23.8 Å². The van der Waals surface area contributed by atoms with E-state index >= 15 is 4.39 Å². The number of hydrogen-bond donors (Lipinski definition) is 0. The number of Topliss-reactive ketones (excluding diaryl/α,β-unsaturated/α-hetero) is 1. The molecule has 4 aliphatic carbocycles. The average molecular weight is 460 g/mol. The summed E-state index contributed by atoms with van der Waals surface area (Å²) in [4.78, 5) is 48.9. The number of ketones is 2. The summed E-state index contributed by atoms with van der Waals surface area (Å²) < 4.78 is 32.7. The highest BCUT2D eigenvalue weighted by atomic mass is 19.1. The minimum absolute atomic E-state index is 0.139. The van der Waals surface area contributed by atoms with Gasteiger partial charge < -0.3 is 14.2 Å². The van der Waals surface area contributed by atoms with Crippen LogP contribution in [0.1, 0.15) is 53.4 Å². The van der Waals surface area contributed by atoms with Crippen molar-refractivity contribution in [3.63, 3.8) is 0 Å². The highest BCUT2D eigenvalue weighted by Crippen LogP contribution is 2.76. The van der Waals surface area contributed by atoms with Crippen LogP contribution in [-0.2, 0) is 33.4 Å². The molecule has 0 bridgehead atoms. The summed E-state index contributed by atoms with van der Waals surface area (Å²) in [5, 5.41) is 0. The van der Waals surface area contributed by atoms with Crippen LogP contribution in [0, 0.1) is 22.7 Å². The van der Waals surface area contributed by atoms with E-state index in [0.717, 1.165) is 0 Å². The molecule has 8 atom stereocenters. The third-order valence-electron chi connectivity index (χ3n) is 9.22. The fraction of sp³-hybridized carbons (Fsp3) is 0.680. The SMILES string of the molecule is CC(=O)OCC(=O)[C@@]1(OC(C)=O)CC[C@H]2[C@@H]3CC(F)C4=CC(=O)C=C[C@]4(C)[C@@]34O[C@H]4C[C@@]21C. The molecule has 4 fully saturated rings. The second-order valence-electron chi connectivity index (χ2n) is 10.6. The van der Waals surface area contributed by atoms with Gasteiger partial charge in [0.25, 0.3) is 0 Å². The molecule has 0 aromatic carbocycles. The molecular weight excluding hydrogens is 431 g/mol. The first-order valence-corrected chi connectivity index (χ1v) is 11.5. The van der Waals surface area contributed by atoms with Gasteiger partial charge >= 0.3 is 11.9 Å². The Labute approximate surface area is 191 Å². The van der Waals surface area contributed by atoms with E-state index in [1.807, 2.05) is 13.8 Å². The minimum atomic E-state index is -1.46. The lowest BCUT2D eigenvalue weighted by Gasteiger charge is -2.56. The number of alkyl halides is 1. The Kier molecular flexibility index (Phi) is 4.65. The highest BCUT2D eigenvalue weighted by Gasteiger charge is 2.82. The second-order valence-corrected chi connectivity index (χ2v) is 10.6. The first-order valence-electron chi connectivity index (χ1n) is 11.5. The number of fused-ring (bicyclic) bond motifs is 3. The molecule has 1 heterocycles. The van der Waals surface area contributed by atoms with Crippen molar-refractivity contribution in [3.05, 3.63) is 23.8 Å². The number of halogens is 1. The van der Waals surface area contributed by atoms with Crippen molar-refractivity contribution in [2.45, 2.75) is 76.9 Å². The zero-order valence-electron chi connectivity index (χ0n) is 19.3. The highest BCUT2D eigenvalue weighted by molar-refractivity contribution is 6.01. The van der Waals surface area contributed by atoms with E-state index in [-0.39, 0.29) is 36.6 Å². The first-order chi connectivity index (χ1) is 15.4. The molecule has 1 aliphatic heterocycles. The predicted octanol–water partition coefficient (Wildman–Crippen LogP) is 2.81. The maximum Gasteiger partial charge on any atom is 0.303 e. The van der Waals surface area contributed by atoms with Crippen LogP contribution in [0.3, 0.4) is 0 Å². The number of epoxide rings is 1. The van der Waals surface area contributed by atoms with Crippen molar-refractivity contribution >= 4 is 23.5 Å². The third kappa shape index (κ3) is 2.70. The largest absolute Gasteiger partial charge is 0.458 e. The van der Waals surface area contributed by atoms with Gasteiger partial charge in [0.15, 0.2) is 18.0 Å². The number of rotatable bonds is 4. The Morgan fingerprint density at radius 1 is 1.18 bits per heavy atom. The van der Waals surface area contributed by atoms with E-state index in [2.05, 4.69) is 0 Å². The lowest BCUT2D eigenvalue weighted by molar-refractivity contribution is -0.188. The summed E-state index contributed by atoms with van der Waals surface area (Å²) in [6, 6.07) is 0. The topological polar surface area (TPSA) is 99.3 Å². The molecular formula is C25H29FO7. The number of esters is 2.